The number of hydrogen-bond acceptors (Lipinski definition) is 5. The number of nitrogens with one attached hydrogen (secondary N) is 1. The number of unbranched alkanes of at least 4 members (excludes halogenated alkanes) is 51. The van der Waals surface area contributed by atoms with Gasteiger partial charge in [-0.1, -0.05) is 340 Å². The number of carbonyl (C=O) groups is 2. The molecule has 0 radical (unpaired) electrons. The van der Waals surface area contributed by atoms with Crippen LogP contribution in [0, 0.1) is 0 Å². The van der Waals surface area contributed by atoms with Crippen LogP contribution in [0.25, 0.3) is 0 Å². The van der Waals surface area contributed by atoms with E-state index in [-0.39, 0.29) is 18.5 Å². The van der Waals surface area contributed by atoms with E-state index in [9.17, 15) is 19.8 Å². The van der Waals surface area contributed by atoms with Gasteiger partial charge in [0.05, 0.1) is 25.4 Å². The maximum absolute atomic E-state index is 12.5. The quantitative estimate of drug-likeness (QED) is 0.0320. The number of carbonyl (C=O) groups excluding carboxylic acids is 2. The van der Waals surface area contributed by atoms with E-state index in [1.54, 1.807) is 0 Å². The van der Waals surface area contributed by atoms with Crippen LogP contribution in [0.15, 0.2) is 24.3 Å². The highest BCUT2D eigenvalue weighted by Gasteiger charge is 2.20. The van der Waals surface area contributed by atoms with Crippen molar-refractivity contribution in [1.29, 1.82) is 0 Å². The molecule has 2 atom stereocenters. The fraction of sp³-hybridized carbons (Fsp3) is 0.915. The lowest BCUT2D eigenvalue weighted by molar-refractivity contribution is -0.143. The van der Waals surface area contributed by atoms with E-state index in [4.69, 9.17) is 4.74 Å². The SMILES string of the molecule is CCCCCCCCCCCCCCCCCCCCCCCCCCC(O)C(CO)NC(=O)CCCCCCCCC/C=C\C/C=C\CCCCCOC(=O)CCCCCCCCCCCCCCCCCCCCC. The number of allylic oxidation sites excluding steroid dienone is 4. The highest BCUT2D eigenvalue weighted by Crippen LogP contribution is 2.19. The molecule has 0 aromatic carbocycles. The van der Waals surface area contributed by atoms with Gasteiger partial charge in [-0.2, -0.15) is 0 Å². The summed E-state index contributed by atoms with van der Waals surface area (Å²) in [6.45, 7) is 4.95. The Morgan fingerprint density at radius 3 is 0.987 bits per heavy atom. The van der Waals surface area contributed by atoms with E-state index in [2.05, 4.69) is 43.5 Å². The molecule has 0 heterocycles. The maximum Gasteiger partial charge on any atom is 0.305 e. The van der Waals surface area contributed by atoms with Gasteiger partial charge in [-0.05, 0) is 64.2 Å². The third-order valence-corrected chi connectivity index (χ3v) is 16.5. The standard InChI is InChI=1S/C71H137NO5/c1-3-5-7-9-11-13-15-17-19-21-23-24-25-26-27-29-31-35-39-43-47-51-55-59-63-69(74)68(67-73)72-70(75)64-60-56-52-48-44-40-36-32-30-34-38-42-46-50-54-58-62-66-77-71(76)65-61-57-53-49-45-41-37-33-28-22-20-18-16-14-12-10-8-6-4-2/h30,34,42,46,68-69,73-74H,3-29,31-33,35-41,43-45,47-67H2,1-2H3,(H,72,75)/b34-30-,46-42-. The predicted octanol–water partition coefficient (Wildman–Crippen LogP) is 22.5. The van der Waals surface area contributed by atoms with Crippen LogP contribution in [0.1, 0.15) is 393 Å². The van der Waals surface area contributed by atoms with Crippen LogP contribution in [0.2, 0.25) is 0 Å². The Morgan fingerprint density at radius 1 is 0.364 bits per heavy atom. The van der Waals surface area contributed by atoms with Gasteiger partial charge in [-0.3, -0.25) is 9.59 Å². The van der Waals surface area contributed by atoms with Crippen LogP contribution in [-0.4, -0.2) is 47.4 Å². The number of hydrogen-bond donors (Lipinski definition) is 3. The molecule has 1 amide bonds. The molecule has 77 heavy (non-hydrogen) atoms. The summed E-state index contributed by atoms with van der Waals surface area (Å²) >= 11 is 0. The summed E-state index contributed by atoms with van der Waals surface area (Å²) in [7, 11) is 0. The normalized spacial score (nSPS) is 12.6. The lowest BCUT2D eigenvalue weighted by Gasteiger charge is -2.22. The first-order valence-corrected chi connectivity index (χ1v) is 35.1. The van der Waals surface area contributed by atoms with Crippen molar-refractivity contribution in [2.75, 3.05) is 13.2 Å². The van der Waals surface area contributed by atoms with Gasteiger partial charge >= 0.3 is 5.97 Å². The highest BCUT2D eigenvalue weighted by molar-refractivity contribution is 5.76. The summed E-state index contributed by atoms with van der Waals surface area (Å²) in [5.41, 5.74) is 0. The van der Waals surface area contributed by atoms with E-state index in [0.29, 0.717) is 25.9 Å². The minimum atomic E-state index is -0.676. The molecule has 0 aromatic rings. The molecule has 0 aliphatic carbocycles. The van der Waals surface area contributed by atoms with Crippen LogP contribution < -0.4 is 5.32 Å². The van der Waals surface area contributed by atoms with Gasteiger partial charge in [0.2, 0.25) is 5.91 Å². The van der Waals surface area contributed by atoms with Gasteiger partial charge in [0.25, 0.3) is 0 Å². The van der Waals surface area contributed by atoms with Crippen LogP contribution in [-0.2, 0) is 14.3 Å². The van der Waals surface area contributed by atoms with Crippen LogP contribution in [0.5, 0.6) is 0 Å². The first-order chi connectivity index (χ1) is 38.0. The number of aliphatic hydroxyl groups excluding tert-OH is 2. The third kappa shape index (κ3) is 63.4. The topological polar surface area (TPSA) is 95.9 Å². The molecule has 6 nitrogen and oxygen atoms in total. The Morgan fingerprint density at radius 2 is 0.649 bits per heavy atom. The molecule has 0 aromatic heterocycles. The molecule has 0 aliphatic rings. The number of aliphatic hydroxyl groups is 2. The van der Waals surface area contributed by atoms with E-state index < -0.39 is 12.1 Å². The van der Waals surface area contributed by atoms with Crippen molar-refractivity contribution >= 4 is 11.9 Å². The van der Waals surface area contributed by atoms with E-state index in [1.807, 2.05) is 0 Å². The number of esters is 1. The molecule has 0 aliphatic heterocycles. The van der Waals surface area contributed by atoms with Crippen LogP contribution >= 0.6 is 0 Å². The Bertz CT molecular complexity index is 1200. The van der Waals surface area contributed by atoms with Crippen molar-refractivity contribution in [2.45, 2.75) is 405 Å². The zero-order chi connectivity index (χ0) is 55.7. The molecule has 0 fully saturated rings. The van der Waals surface area contributed by atoms with Crippen LogP contribution in [0.3, 0.4) is 0 Å². The predicted molar refractivity (Wildman–Crippen MR) is 338 cm³/mol. The summed E-state index contributed by atoms with van der Waals surface area (Å²) in [5.74, 6) is -0.0559. The Labute approximate surface area is 481 Å². The highest BCUT2D eigenvalue weighted by atomic mass is 16.5. The largest absolute Gasteiger partial charge is 0.466 e. The lowest BCUT2D eigenvalue weighted by Crippen LogP contribution is -2.45. The minimum Gasteiger partial charge on any atom is -0.466 e. The van der Waals surface area contributed by atoms with Gasteiger partial charge in [-0.15, -0.1) is 0 Å². The molecule has 3 N–H and O–H groups in total. The molecular weight excluding hydrogens is 947 g/mol. The van der Waals surface area contributed by atoms with Crippen molar-refractivity contribution in [3.63, 3.8) is 0 Å². The number of amides is 1. The van der Waals surface area contributed by atoms with Crippen molar-refractivity contribution in [3.05, 3.63) is 24.3 Å². The summed E-state index contributed by atoms with van der Waals surface area (Å²) in [6, 6.07) is -0.555. The summed E-state index contributed by atoms with van der Waals surface area (Å²) in [6.07, 6.45) is 83.6. The molecule has 6 heteroatoms. The maximum atomic E-state index is 12.5. The lowest BCUT2D eigenvalue weighted by atomic mass is 10.0. The second kappa shape index (κ2) is 66.8. The Balaban J connectivity index is 3.45. The molecule has 456 valence electrons. The molecule has 0 saturated heterocycles. The van der Waals surface area contributed by atoms with Gasteiger partial charge in [-0.25, -0.2) is 0 Å². The van der Waals surface area contributed by atoms with E-state index in [1.165, 1.54) is 276 Å². The summed E-state index contributed by atoms with van der Waals surface area (Å²) in [4.78, 5) is 24.7. The van der Waals surface area contributed by atoms with Gasteiger partial charge < -0.3 is 20.3 Å². The molecule has 0 bridgehead atoms. The summed E-state index contributed by atoms with van der Waals surface area (Å²) in [5, 5.41) is 23.4. The van der Waals surface area contributed by atoms with Crippen LogP contribution in [0.4, 0.5) is 0 Å². The number of ether oxygens (including phenoxy) is 1. The van der Waals surface area contributed by atoms with Crippen molar-refractivity contribution < 1.29 is 24.5 Å². The Hall–Kier alpha value is -1.66. The monoisotopic (exact) mass is 1080 g/mol. The molecule has 2 unspecified atom stereocenters. The first-order valence-electron chi connectivity index (χ1n) is 35.1. The zero-order valence-corrected chi connectivity index (χ0v) is 52.2. The molecule has 0 saturated carbocycles. The average molecular weight is 1080 g/mol. The second-order valence-electron chi connectivity index (χ2n) is 24.2. The molecular formula is C71H137NO5. The third-order valence-electron chi connectivity index (χ3n) is 16.5. The van der Waals surface area contributed by atoms with Gasteiger partial charge in [0, 0.05) is 12.8 Å². The fourth-order valence-electron chi connectivity index (χ4n) is 11.1. The average Bonchev–Trinajstić information content (AvgIpc) is 3.43. The molecule has 0 rings (SSSR count). The van der Waals surface area contributed by atoms with E-state index >= 15 is 0 Å². The van der Waals surface area contributed by atoms with Gasteiger partial charge in [0.15, 0.2) is 0 Å². The minimum absolute atomic E-state index is 0.00946. The number of rotatable bonds is 66. The van der Waals surface area contributed by atoms with Gasteiger partial charge in [0.1, 0.15) is 0 Å². The van der Waals surface area contributed by atoms with Crippen molar-refractivity contribution in [1.82, 2.24) is 5.32 Å². The van der Waals surface area contributed by atoms with Crippen molar-refractivity contribution in [2.24, 2.45) is 0 Å². The van der Waals surface area contributed by atoms with E-state index in [0.717, 1.165) is 83.5 Å². The fourth-order valence-corrected chi connectivity index (χ4v) is 11.1. The zero-order valence-electron chi connectivity index (χ0n) is 52.2. The smallest absolute Gasteiger partial charge is 0.305 e. The molecule has 0 spiro atoms. The Kier molecular flexibility index (Phi) is 65.4. The second-order valence-corrected chi connectivity index (χ2v) is 24.2. The van der Waals surface area contributed by atoms with Crippen molar-refractivity contribution in [3.8, 4) is 0 Å². The first kappa shape index (κ1) is 75.3. The summed E-state index contributed by atoms with van der Waals surface area (Å²) < 4.78 is 5.48.